The van der Waals surface area contributed by atoms with Crippen LogP contribution in [0.2, 0.25) is 0 Å². The highest BCUT2D eigenvalue weighted by molar-refractivity contribution is 5.87. The number of unbranched alkanes of at least 4 members (excludes halogenated alkanes) is 14. The van der Waals surface area contributed by atoms with Crippen LogP contribution in [0.5, 0.6) is 0 Å². The third-order valence-electron chi connectivity index (χ3n) is 6.23. The molecule has 32 heavy (non-hydrogen) atoms. The Hall–Kier alpha value is -1.83. The van der Waals surface area contributed by atoms with Crippen molar-refractivity contribution < 1.29 is 9.53 Å². The molecule has 0 aromatic heterocycles. The smallest absolute Gasteiger partial charge is 0.333 e. The van der Waals surface area contributed by atoms with Crippen LogP contribution in [0.3, 0.4) is 0 Å². The lowest BCUT2D eigenvalue weighted by atomic mass is 9.97. The average Bonchev–Trinajstić information content (AvgIpc) is 2.80. The number of esters is 1. The van der Waals surface area contributed by atoms with E-state index in [1.54, 1.807) is 6.92 Å². The van der Waals surface area contributed by atoms with Crippen molar-refractivity contribution in [3.05, 3.63) is 54.1 Å². The molecule has 0 heterocycles. The predicted molar refractivity (Wildman–Crippen MR) is 140 cm³/mol. The number of carbonyl (C=O) groups excluding carboxylic acids is 1. The Morgan fingerprint density at radius 3 is 1.78 bits per heavy atom. The zero-order chi connectivity index (χ0) is 23.4. The van der Waals surface area contributed by atoms with Crippen LogP contribution in [0.25, 0.3) is 6.08 Å². The van der Waals surface area contributed by atoms with Gasteiger partial charge in [-0.1, -0.05) is 140 Å². The molecule has 0 radical (unpaired) electrons. The van der Waals surface area contributed by atoms with Crippen molar-refractivity contribution in [2.45, 2.75) is 123 Å². The van der Waals surface area contributed by atoms with Crippen LogP contribution in [0.4, 0.5) is 0 Å². The second kappa shape index (κ2) is 18.7. The van der Waals surface area contributed by atoms with Crippen LogP contribution in [0.1, 0.15) is 134 Å². The van der Waals surface area contributed by atoms with Crippen LogP contribution in [0.15, 0.2) is 43.0 Å². The molecular formula is C30H48O2. The molecule has 0 fully saturated rings. The van der Waals surface area contributed by atoms with E-state index in [1.165, 1.54) is 89.9 Å². The van der Waals surface area contributed by atoms with E-state index < -0.39 is 0 Å². The number of hydrogen-bond donors (Lipinski definition) is 0. The predicted octanol–water partition coefficient (Wildman–Crippen LogP) is 9.75. The van der Waals surface area contributed by atoms with Gasteiger partial charge >= 0.3 is 5.97 Å². The first-order valence-corrected chi connectivity index (χ1v) is 13.2. The number of rotatable bonds is 20. The van der Waals surface area contributed by atoms with Gasteiger partial charge in [-0.05, 0) is 30.9 Å². The van der Waals surface area contributed by atoms with Gasteiger partial charge in [0.1, 0.15) is 6.10 Å². The fourth-order valence-electron chi connectivity index (χ4n) is 4.20. The molecule has 0 aliphatic carbocycles. The van der Waals surface area contributed by atoms with E-state index in [9.17, 15) is 4.79 Å². The Labute approximate surface area is 198 Å². The zero-order valence-electron chi connectivity index (χ0n) is 21.0. The maximum atomic E-state index is 12.1. The Balaban J connectivity index is 2.18. The average molecular weight is 441 g/mol. The summed E-state index contributed by atoms with van der Waals surface area (Å²) in [5.74, 6) is -0.310. The Bertz CT molecular complexity index is 646. The van der Waals surface area contributed by atoms with Gasteiger partial charge < -0.3 is 4.74 Å². The van der Waals surface area contributed by atoms with Crippen molar-refractivity contribution in [3.63, 3.8) is 0 Å². The molecule has 1 unspecified atom stereocenters. The highest BCUT2D eigenvalue weighted by atomic mass is 16.5. The van der Waals surface area contributed by atoms with Crippen molar-refractivity contribution in [2.24, 2.45) is 0 Å². The number of hydrogen-bond acceptors (Lipinski definition) is 2. The molecule has 0 spiro atoms. The maximum Gasteiger partial charge on any atom is 0.333 e. The molecule has 0 saturated carbocycles. The third-order valence-corrected chi connectivity index (χ3v) is 6.23. The molecule has 2 nitrogen and oxygen atoms in total. The summed E-state index contributed by atoms with van der Waals surface area (Å²) >= 11 is 0. The summed E-state index contributed by atoms with van der Waals surface area (Å²) in [6.45, 7) is 11.6. The summed E-state index contributed by atoms with van der Waals surface area (Å²) in [6, 6.07) is 8.05. The van der Waals surface area contributed by atoms with Gasteiger partial charge in [0.15, 0.2) is 0 Å². The van der Waals surface area contributed by atoms with E-state index in [1.807, 2.05) is 30.3 Å². The fourth-order valence-corrected chi connectivity index (χ4v) is 4.20. The van der Waals surface area contributed by atoms with Crippen molar-refractivity contribution in [3.8, 4) is 0 Å². The van der Waals surface area contributed by atoms with Gasteiger partial charge in [0.2, 0.25) is 0 Å². The van der Waals surface area contributed by atoms with Gasteiger partial charge in [-0.25, -0.2) is 4.79 Å². The van der Waals surface area contributed by atoms with E-state index in [4.69, 9.17) is 4.74 Å². The number of benzene rings is 1. The minimum atomic E-state index is -0.310. The summed E-state index contributed by atoms with van der Waals surface area (Å²) < 4.78 is 5.77. The highest BCUT2D eigenvalue weighted by Crippen LogP contribution is 2.29. The summed E-state index contributed by atoms with van der Waals surface area (Å²) in [7, 11) is 0. The lowest BCUT2D eigenvalue weighted by molar-refractivity contribution is -0.145. The van der Waals surface area contributed by atoms with Gasteiger partial charge in [-0.2, -0.15) is 0 Å². The fraction of sp³-hybridized carbons (Fsp3) is 0.633. The number of carbonyl (C=O) groups is 1. The van der Waals surface area contributed by atoms with Gasteiger partial charge in [0.25, 0.3) is 0 Å². The SMILES string of the molecule is C=Cc1ccccc1C(CCCCCCCCCCCCCCCCC)OC(=O)C(=C)C. The van der Waals surface area contributed by atoms with E-state index in [0.717, 1.165) is 24.0 Å². The normalized spacial score (nSPS) is 11.8. The third kappa shape index (κ3) is 12.9. The van der Waals surface area contributed by atoms with Gasteiger partial charge in [0.05, 0.1) is 0 Å². The van der Waals surface area contributed by atoms with Gasteiger partial charge in [0, 0.05) is 5.57 Å². The lowest BCUT2D eigenvalue weighted by Gasteiger charge is -2.20. The number of ether oxygens (including phenoxy) is 1. The minimum absolute atomic E-state index is 0.227. The first-order chi connectivity index (χ1) is 15.6. The topological polar surface area (TPSA) is 26.3 Å². The van der Waals surface area contributed by atoms with E-state index >= 15 is 0 Å². The quantitative estimate of drug-likeness (QED) is 0.114. The van der Waals surface area contributed by atoms with Crippen molar-refractivity contribution >= 4 is 12.0 Å². The molecule has 2 heteroatoms. The van der Waals surface area contributed by atoms with Crippen LogP contribution < -0.4 is 0 Å². The van der Waals surface area contributed by atoms with Gasteiger partial charge in [-0.3, -0.25) is 0 Å². The zero-order valence-corrected chi connectivity index (χ0v) is 21.0. The standard InChI is InChI=1S/C30H48O2/c1-5-7-8-9-10-11-12-13-14-15-16-17-18-19-20-25-29(32-30(31)26(3)4)28-24-22-21-23-27(28)6-2/h6,21-24,29H,2-3,5,7-20,25H2,1,4H3. The van der Waals surface area contributed by atoms with Crippen LogP contribution in [-0.4, -0.2) is 5.97 Å². The molecule has 0 aliphatic heterocycles. The summed E-state index contributed by atoms with van der Waals surface area (Å²) in [4.78, 5) is 12.1. The molecule has 1 aromatic rings. The minimum Gasteiger partial charge on any atom is -0.454 e. The Morgan fingerprint density at radius 2 is 1.31 bits per heavy atom. The molecule has 0 aliphatic rings. The van der Waals surface area contributed by atoms with E-state index in [0.29, 0.717) is 5.57 Å². The highest BCUT2D eigenvalue weighted by Gasteiger charge is 2.19. The van der Waals surface area contributed by atoms with E-state index in [-0.39, 0.29) is 12.1 Å². The summed E-state index contributed by atoms with van der Waals surface area (Å²) in [5.41, 5.74) is 2.53. The summed E-state index contributed by atoms with van der Waals surface area (Å²) in [6.07, 6.45) is 22.7. The van der Waals surface area contributed by atoms with Gasteiger partial charge in [-0.15, -0.1) is 0 Å². The van der Waals surface area contributed by atoms with Crippen molar-refractivity contribution in [1.82, 2.24) is 0 Å². The second-order valence-electron chi connectivity index (χ2n) is 9.25. The molecular weight excluding hydrogens is 392 g/mol. The van der Waals surface area contributed by atoms with Crippen LogP contribution in [-0.2, 0) is 9.53 Å². The Kier molecular flexibility index (Phi) is 16.5. The molecule has 1 aromatic carbocycles. The molecule has 1 atom stereocenters. The maximum absolute atomic E-state index is 12.1. The van der Waals surface area contributed by atoms with Crippen molar-refractivity contribution in [1.29, 1.82) is 0 Å². The molecule has 1 rings (SSSR count). The monoisotopic (exact) mass is 440 g/mol. The largest absolute Gasteiger partial charge is 0.454 e. The first kappa shape index (κ1) is 28.2. The lowest BCUT2D eigenvalue weighted by Crippen LogP contribution is -2.13. The molecule has 0 N–H and O–H groups in total. The Morgan fingerprint density at radius 1 is 0.844 bits per heavy atom. The molecule has 0 bridgehead atoms. The molecule has 0 amide bonds. The van der Waals surface area contributed by atoms with Crippen LogP contribution in [0, 0.1) is 0 Å². The summed E-state index contributed by atoms with van der Waals surface area (Å²) in [5, 5.41) is 0. The molecule has 180 valence electrons. The second-order valence-corrected chi connectivity index (χ2v) is 9.25. The molecule has 0 saturated heterocycles. The van der Waals surface area contributed by atoms with Crippen LogP contribution >= 0.6 is 0 Å². The van der Waals surface area contributed by atoms with E-state index in [2.05, 4.69) is 20.1 Å². The first-order valence-electron chi connectivity index (χ1n) is 13.2. The van der Waals surface area contributed by atoms with Crippen molar-refractivity contribution in [2.75, 3.05) is 0 Å².